The molecule has 2 N–H and O–H groups in total. The highest BCUT2D eigenvalue weighted by atomic mass is 35.5. The Hall–Kier alpha value is -2.86. The van der Waals surface area contributed by atoms with Crippen molar-refractivity contribution in [1.29, 1.82) is 0 Å². The molecular weight excluding hydrogens is 332 g/mol. The molecule has 24 heavy (non-hydrogen) atoms. The highest BCUT2D eigenvalue weighted by Gasteiger charge is 2.13. The smallest absolute Gasteiger partial charge is 0.335 e. The van der Waals surface area contributed by atoms with Crippen LogP contribution in [-0.4, -0.2) is 31.7 Å². The number of benzene rings is 2. The number of halogens is 1. The van der Waals surface area contributed by atoms with Gasteiger partial charge in [0.2, 0.25) is 0 Å². The number of aryl methyl sites for hydroxylation is 1. The molecule has 0 aliphatic carbocycles. The van der Waals surface area contributed by atoms with E-state index in [1.165, 1.54) is 18.2 Å². The van der Waals surface area contributed by atoms with Gasteiger partial charge in [0, 0.05) is 5.02 Å². The second-order valence-electron chi connectivity index (χ2n) is 5.37. The average molecular weight is 345 g/mol. The van der Waals surface area contributed by atoms with Crippen LogP contribution in [0.3, 0.4) is 0 Å². The van der Waals surface area contributed by atoms with Crippen molar-refractivity contribution in [3.63, 3.8) is 0 Å². The van der Waals surface area contributed by atoms with Gasteiger partial charge in [-0.2, -0.15) is 0 Å². The van der Waals surface area contributed by atoms with Gasteiger partial charge < -0.3 is 14.8 Å². The largest absolute Gasteiger partial charge is 0.478 e. The zero-order valence-electron chi connectivity index (χ0n) is 12.7. The highest BCUT2D eigenvalue weighted by Crippen LogP contribution is 2.23. The summed E-state index contributed by atoms with van der Waals surface area (Å²) >= 11 is 6.18. The molecule has 3 rings (SSSR count). The van der Waals surface area contributed by atoms with Crippen molar-refractivity contribution in [2.24, 2.45) is 0 Å². The van der Waals surface area contributed by atoms with E-state index in [9.17, 15) is 9.59 Å². The third kappa shape index (κ3) is 2.83. The minimum absolute atomic E-state index is 0.115. The van der Waals surface area contributed by atoms with E-state index in [1.807, 2.05) is 11.5 Å². The molecule has 6 nitrogen and oxygen atoms in total. The number of carboxylic acid groups (broad SMARTS) is 2. The number of fused-ring (bicyclic) bond motifs is 1. The van der Waals surface area contributed by atoms with Crippen LogP contribution in [0.2, 0.25) is 5.02 Å². The zero-order valence-corrected chi connectivity index (χ0v) is 13.4. The number of imidazole rings is 1. The molecule has 0 spiro atoms. The van der Waals surface area contributed by atoms with E-state index in [-0.39, 0.29) is 11.1 Å². The van der Waals surface area contributed by atoms with Gasteiger partial charge in [-0.05, 0) is 42.8 Å². The van der Waals surface area contributed by atoms with Gasteiger partial charge in [-0.15, -0.1) is 0 Å². The van der Waals surface area contributed by atoms with Crippen LogP contribution in [0.25, 0.3) is 11.0 Å². The first kappa shape index (κ1) is 16.0. The van der Waals surface area contributed by atoms with Crippen LogP contribution in [0.5, 0.6) is 0 Å². The minimum atomic E-state index is -1.04. The Kier molecular flexibility index (Phi) is 3.99. The standard InChI is InChI=1S/C17H13ClN2O4/c1-9-19-14-5-4-11(17(23)24)7-15(14)20(9)8-12-3-2-10(16(21)22)6-13(12)18/h2-7H,8H2,1H3,(H,21,22)(H,23,24). The van der Waals surface area contributed by atoms with Crippen LogP contribution in [0.15, 0.2) is 36.4 Å². The Morgan fingerprint density at radius 3 is 2.33 bits per heavy atom. The van der Waals surface area contributed by atoms with E-state index >= 15 is 0 Å². The number of carboxylic acids is 2. The maximum absolute atomic E-state index is 11.2. The summed E-state index contributed by atoms with van der Waals surface area (Å²) in [5.74, 6) is -1.34. The van der Waals surface area contributed by atoms with Gasteiger partial charge in [-0.25, -0.2) is 14.6 Å². The number of carbonyl (C=O) groups is 2. The van der Waals surface area contributed by atoms with E-state index < -0.39 is 11.9 Å². The molecule has 0 fully saturated rings. The molecule has 1 aromatic heterocycles. The van der Waals surface area contributed by atoms with Crippen LogP contribution in [0, 0.1) is 6.92 Å². The van der Waals surface area contributed by atoms with E-state index in [1.54, 1.807) is 18.2 Å². The molecule has 3 aromatic rings. The fraction of sp³-hybridized carbons (Fsp3) is 0.118. The molecule has 0 bridgehead atoms. The first-order chi connectivity index (χ1) is 11.4. The fourth-order valence-electron chi connectivity index (χ4n) is 2.55. The maximum atomic E-state index is 11.2. The summed E-state index contributed by atoms with van der Waals surface area (Å²) in [7, 11) is 0. The lowest BCUT2D eigenvalue weighted by Gasteiger charge is -2.10. The van der Waals surface area contributed by atoms with Crippen molar-refractivity contribution in [1.82, 2.24) is 9.55 Å². The summed E-state index contributed by atoms with van der Waals surface area (Å²) in [6, 6.07) is 9.28. The van der Waals surface area contributed by atoms with Gasteiger partial charge >= 0.3 is 11.9 Å². The SMILES string of the molecule is Cc1nc2ccc(C(=O)O)cc2n1Cc1ccc(C(=O)O)cc1Cl. The molecule has 0 atom stereocenters. The number of aromatic carboxylic acids is 2. The predicted octanol–water partition coefficient (Wildman–Crippen LogP) is 3.44. The van der Waals surface area contributed by atoms with Crippen molar-refractivity contribution in [3.05, 3.63) is 63.9 Å². The predicted molar refractivity (Wildman–Crippen MR) is 88.9 cm³/mol. The fourth-order valence-corrected chi connectivity index (χ4v) is 2.79. The van der Waals surface area contributed by atoms with Gasteiger partial charge in [0.15, 0.2) is 0 Å². The highest BCUT2D eigenvalue weighted by molar-refractivity contribution is 6.31. The number of hydrogen-bond acceptors (Lipinski definition) is 3. The van der Waals surface area contributed by atoms with Gasteiger partial charge in [0.05, 0.1) is 28.7 Å². The van der Waals surface area contributed by atoms with Crippen LogP contribution < -0.4 is 0 Å². The van der Waals surface area contributed by atoms with Crippen molar-refractivity contribution in [2.75, 3.05) is 0 Å². The zero-order chi connectivity index (χ0) is 17.4. The van der Waals surface area contributed by atoms with Crippen LogP contribution >= 0.6 is 11.6 Å². The molecule has 0 aliphatic heterocycles. The molecule has 7 heteroatoms. The molecule has 1 heterocycles. The molecule has 0 radical (unpaired) electrons. The molecule has 122 valence electrons. The van der Waals surface area contributed by atoms with E-state index in [2.05, 4.69) is 4.98 Å². The van der Waals surface area contributed by atoms with Crippen molar-refractivity contribution >= 4 is 34.6 Å². The van der Waals surface area contributed by atoms with E-state index in [0.717, 1.165) is 5.56 Å². The Balaban J connectivity index is 2.06. The number of aromatic nitrogens is 2. The quantitative estimate of drug-likeness (QED) is 0.756. The Bertz CT molecular complexity index is 978. The van der Waals surface area contributed by atoms with Gasteiger partial charge in [-0.3, -0.25) is 0 Å². The lowest BCUT2D eigenvalue weighted by Crippen LogP contribution is -2.05. The molecule has 0 unspecified atom stereocenters. The number of rotatable bonds is 4. The van der Waals surface area contributed by atoms with Crippen molar-refractivity contribution in [3.8, 4) is 0 Å². The average Bonchev–Trinajstić information content (AvgIpc) is 2.84. The normalized spacial score (nSPS) is 10.9. The minimum Gasteiger partial charge on any atom is -0.478 e. The summed E-state index contributed by atoms with van der Waals surface area (Å²) in [5, 5.41) is 18.5. The number of hydrogen-bond donors (Lipinski definition) is 2. The lowest BCUT2D eigenvalue weighted by molar-refractivity contribution is 0.0686. The maximum Gasteiger partial charge on any atom is 0.335 e. The van der Waals surface area contributed by atoms with Crippen molar-refractivity contribution < 1.29 is 19.8 Å². The van der Waals surface area contributed by atoms with Gasteiger partial charge in [-0.1, -0.05) is 17.7 Å². The molecule has 0 aliphatic rings. The topological polar surface area (TPSA) is 92.4 Å². The summed E-state index contributed by atoms with van der Waals surface area (Å²) in [5.41, 5.74) is 2.39. The molecule has 0 amide bonds. The van der Waals surface area contributed by atoms with Gasteiger partial charge in [0.1, 0.15) is 5.82 Å². The Morgan fingerprint density at radius 1 is 1.08 bits per heavy atom. The Morgan fingerprint density at radius 2 is 1.71 bits per heavy atom. The summed E-state index contributed by atoms with van der Waals surface area (Å²) in [6.07, 6.45) is 0. The molecular formula is C17H13ClN2O4. The first-order valence-electron chi connectivity index (χ1n) is 7.08. The van der Waals surface area contributed by atoms with Gasteiger partial charge in [0.25, 0.3) is 0 Å². The van der Waals surface area contributed by atoms with E-state index in [4.69, 9.17) is 21.8 Å². The third-order valence-corrected chi connectivity index (χ3v) is 4.17. The second-order valence-corrected chi connectivity index (χ2v) is 5.77. The monoisotopic (exact) mass is 344 g/mol. The Labute approximate surface area is 141 Å². The second kappa shape index (κ2) is 5.98. The molecule has 0 saturated carbocycles. The van der Waals surface area contributed by atoms with Crippen LogP contribution in [0.1, 0.15) is 32.1 Å². The van der Waals surface area contributed by atoms with E-state index in [0.29, 0.717) is 28.4 Å². The van der Waals surface area contributed by atoms with Crippen molar-refractivity contribution in [2.45, 2.75) is 13.5 Å². The summed E-state index contributed by atoms with van der Waals surface area (Å²) < 4.78 is 1.85. The summed E-state index contributed by atoms with van der Waals surface area (Å²) in [4.78, 5) is 26.6. The lowest BCUT2D eigenvalue weighted by atomic mass is 10.1. The summed E-state index contributed by atoms with van der Waals surface area (Å²) in [6.45, 7) is 2.18. The van der Waals surface area contributed by atoms with Crippen LogP contribution in [0.4, 0.5) is 0 Å². The molecule has 0 saturated heterocycles. The number of nitrogens with zero attached hydrogens (tertiary/aromatic N) is 2. The van der Waals surface area contributed by atoms with Crippen LogP contribution in [-0.2, 0) is 6.54 Å². The third-order valence-electron chi connectivity index (χ3n) is 3.81. The first-order valence-corrected chi connectivity index (χ1v) is 7.46. The molecule has 2 aromatic carbocycles.